The van der Waals surface area contributed by atoms with E-state index >= 15 is 0 Å². The lowest BCUT2D eigenvalue weighted by Crippen LogP contribution is -2.39. The minimum atomic E-state index is -0.318. The van der Waals surface area contributed by atoms with E-state index in [-0.39, 0.29) is 5.76 Å². The van der Waals surface area contributed by atoms with Crippen LogP contribution in [0.1, 0.15) is 19.3 Å². The highest BCUT2D eigenvalue weighted by Gasteiger charge is 2.12. The summed E-state index contributed by atoms with van der Waals surface area (Å²) in [5.41, 5.74) is 2.48. The van der Waals surface area contributed by atoms with Crippen LogP contribution in [0.3, 0.4) is 0 Å². The molecule has 1 atom stereocenters. The molecule has 5 nitrogen and oxygen atoms in total. The predicted molar refractivity (Wildman–Crippen MR) is 75.6 cm³/mol. The van der Waals surface area contributed by atoms with Gasteiger partial charge in [-0.1, -0.05) is 6.42 Å². The first-order valence-electron chi connectivity index (χ1n) is 6.81. The van der Waals surface area contributed by atoms with E-state index in [4.69, 9.17) is 4.42 Å². The molecule has 1 aliphatic heterocycles. The van der Waals surface area contributed by atoms with Gasteiger partial charge in [-0.3, -0.25) is 4.57 Å². The third kappa shape index (κ3) is 2.51. The molecule has 0 saturated carbocycles. The summed E-state index contributed by atoms with van der Waals surface area (Å²) in [5, 5.41) is 6.93. The molecule has 2 heterocycles. The van der Waals surface area contributed by atoms with Crippen LogP contribution in [0.5, 0.6) is 0 Å². The maximum atomic E-state index is 11.4. The zero-order valence-electron chi connectivity index (χ0n) is 11.1. The first-order valence-corrected chi connectivity index (χ1v) is 6.81. The molecule has 3 rings (SSSR count). The fraction of sp³-hybridized carbons (Fsp3) is 0.500. The van der Waals surface area contributed by atoms with E-state index in [0.717, 1.165) is 24.3 Å². The number of aryl methyl sites for hydroxylation is 1. The third-order valence-corrected chi connectivity index (χ3v) is 3.76. The van der Waals surface area contributed by atoms with Crippen molar-refractivity contribution in [1.29, 1.82) is 0 Å². The molecule has 0 radical (unpaired) electrons. The number of nitrogens with zero attached hydrogens (tertiary/aromatic N) is 1. The van der Waals surface area contributed by atoms with Gasteiger partial charge in [-0.25, -0.2) is 4.79 Å². The minimum absolute atomic E-state index is 0.318. The average Bonchev–Trinajstić information content (AvgIpc) is 2.73. The van der Waals surface area contributed by atoms with Crippen LogP contribution in [-0.4, -0.2) is 23.7 Å². The summed E-state index contributed by atoms with van der Waals surface area (Å²) < 4.78 is 6.64. The van der Waals surface area contributed by atoms with Crippen molar-refractivity contribution in [3.8, 4) is 0 Å². The second-order valence-electron chi connectivity index (χ2n) is 5.14. The standard InChI is InChI=1S/C14H19N3O2/c1-17-12-8-10(5-6-13(12)19-14(17)18)16-9-11-4-2-3-7-15-11/h5-6,8,11,15-16H,2-4,7,9H2,1H3. The Labute approximate surface area is 111 Å². The fourth-order valence-electron chi connectivity index (χ4n) is 2.58. The molecule has 1 unspecified atom stereocenters. The number of benzene rings is 1. The van der Waals surface area contributed by atoms with Gasteiger partial charge in [-0.2, -0.15) is 0 Å². The van der Waals surface area contributed by atoms with E-state index in [1.165, 1.54) is 23.8 Å². The number of piperidine rings is 1. The van der Waals surface area contributed by atoms with Crippen molar-refractivity contribution in [2.75, 3.05) is 18.4 Å². The molecule has 2 N–H and O–H groups in total. The molecular weight excluding hydrogens is 242 g/mol. The Morgan fingerprint density at radius 3 is 3.16 bits per heavy atom. The molecule has 2 aromatic rings. The van der Waals surface area contributed by atoms with E-state index in [1.807, 2.05) is 18.2 Å². The number of anilines is 1. The summed E-state index contributed by atoms with van der Waals surface area (Å²) >= 11 is 0. The second kappa shape index (κ2) is 5.09. The lowest BCUT2D eigenvalue weighted by atomic mass is 10.1. The first kappa shape index (κ1) is 12.3. The van der Waals surface area contributed by atoms with Crippen LogP contribution < -0.4 is 16.4 Å². The summed E-state index contributed by atoms with van der Waals surface area (Å²) in [5.74, 6) is -0.318. The van der Waals surface area contributed by atoms with Crippen LogP contribution in [0.15, 0.2) is 27.4 Å². The number of hydrogen-bond donors (Lipinski definition) is 2. The van der Waals surface area contributed by atoms with E-state index in [1.54, 1.807) is 7.05 Å². The summed E-state index contributed by atoms with van der Waals surface area (Å²) in [6.45, 7) is 2.03. The number of rotatable bonds is 3. The molecule has 0 bridgehead atoms. The molecule has 0 amide bonds. The Hall–Kier alpha value is -1.75. The number of nitrogens with one attached hydrogen (secondary N) is 2. The maximum Gasteiger partial charge on any atom is 0.419 e. The van der Waals surface area contributed by atoms with Crippen LogP contribution in [0.2, 0.25) is 0 Å². The van der Waals surface area contributed by atoms with E-state index < -0.39 is 0 Å². The number of fused-ring (bicyclic) bond motifs is 1. The minimum Gasteiger partial charge on any atom is -0.408 e. The third-order valence-electron chi connectivity index (χ3n) is 3.76. The van der Waals surface area contributed by atoms with Crippen molar-refractivity contribution >= 4 is 16.8 Å². The lowest BCUT2D eigenvalue weighted by molar-refractivity contribution is 0.414. The quantitative estimate of drug-likeness (QED) is 0.882. The highest BCUT2D eigenvalue weighted by molar-refractivity contribution is 5.77. The van der Waals surface area contributed by atoms with Gasteiger partial charge in [0, 0.05) is 25.3 Å². The Kier molecular flexibility index (Phi) is 3.29. The van der Waals surface area contributed by atoms with E-state index in [9.17, 15) is 4.79 Å². The van der Waals surface area contributed by atoms with Crippen LogP contribution in [-0.2, 0) is 7.05 Å². The molecular formula is C14H19N3O2. The zero-order chi connectivity index (χ0) is 13.2. The van der Waals surface area contributed by atoms with Gasteiger partial charge in [0.05, 0.1) is 5.52 Å². The molecule has 0 spiro atoms. The lowest BCUT2D eigenvalue weighted by Gasteiger charge is -2.24. The first-order chi connectivity index (χ1) is 9.24. The summed E-state index contributed by atoms with van der Waals surface area (Å²) in [7, 11) is 1.72. The largest absolute Gasteiger partial charge is 0.419 e. The number of oxazole rings is 1. The molecule has 102 valence electrons. The smallest absolute Gasteiger partial charge is 0.408 e. The maximum absolute atomic E-state index is 11.4. The normalized spacial score (nSPS) is 19.7. The molecule has 1 aromatic carbocycles. The predicted octanol–water partition coefficient (Wildman–Crippen LogP) is 1.69. The highest BCUT2D eigenvalue weighted by Crippen LogP contribution is 2.18. The highest BCUT2D eigenvalue weighted by atomic mass is 16.4. The monoisotopic (exact) mass is 261 g/mol. The summed E-state index contributed by atoms with van der Waals surface area (Å²) in [4.78, 5) is 11.4. The Balaban J connectivity index is 1.74. The van der Waals surface area contributed by atoms with Gasteiger partial charge >= 0.3 is 5.76 Å². The molecule has 0 aliphatic carbocycles. The van der Waals surface area contributed by atoms with E-state index in [0.29, 0.717) is 11.6 Å². The Morgan fingerprint density at radius 1 is 1.47 bits per heavy atom. The van der Waals surface area contributed by atoms with Gasteiger partial charge in [-0.05, 0) is 37.6 Å². The molecule has 5 heteroatoms. The summed E-state index contributed by atoms with van der Waals surface area (Å²) in [6, 6.07) is 6.29. The van der Waals surface area contributed by atoms with Gasteiger partial charge in [0.15, 0.2) is 5.58 Å². The van der Waals surface area contributed by atoms with Crippen molar-refractivity contribution in [3.05, 3.63) is 28.7 Å². The van der Waals surface area contributed by atoms with Crippen LogP contribution in [0, 0.1) is 0 Å². The SMILES string of the molecule is Cn1c(=O)oc2ccc(NCC3CCCCN3)cc21. The van der Waals surface area contributed by atoms with E-state index in [2.05, 4.69) is 10.6 Å². The Bertz CT molecular complexity index is 623. The van der Waals surface area contributed by atoms with Crippen molar-refractivity contribution in [2.45, 2.75) is 25.3 Å². The van der Waals surface area contributed by atoms with Crippen LogP contribution in [0.4, 0.5) is 5.69 Å². The van der Waals surface area contributed by atoms with Crippen LogP contribution >= 0.6 is 0 Å². The van der Waals surface area contributed by atoms with Crippen molar-refractivity contribution in [1.82, 2.24) is 9.88 Å². The van der Waals surface area contributed by atoms with Gasteiger partial charge in [-0.15, -0.1) is 0 Å². The number of hydrogen-bond acceptors (Lipinski definition) is 4. The molecule has 1 aromatic heterocycles. The van der Waals surface area contributed by atoms with Crippen LogP contribution in [0.25, 0.3) is 11.1 Å². The molecule has 19 heavy (non-hydrogen) atoms. The fourth-order valence-corrected chi connectivity index (χ4v) is 2.58. The van der Waals surface area contributed by atoms with Gasteiger partial charge in [0.2, 0.25) is 0 Å². The average molecular weight is 261 g/mol. The van der Waals surface area contributed by atoms with Gasteiger partial charge < -0.3 is 15.1 Å². The van der Waals surface area contributed by atoms with Crippen molar-refractivity contribution in [3.63, 3.8) is 0 Å². The molecule has 1 fully saturated rings. The number of aromatic nitrogens is 1. The molecule has 1 saturated heterocycles. The topological polar surface area (TPSA) is 59.2 Å². The van der Waals surface area contributed by atoms with Crippen molar-refractivity contribution < 1.29 is 4.42 Å². The Morgan fingerprint density at radius 2 is 2.37 bits per heavy atom. The zero-order valence-corrected chi connectivity index (χ0v) is 11.1. The second-order valence-corrected chi connectivity index (χ2v) is 5.14. The molecule has 1 aliphatic rings. The van der Waals surface area contributed by atoms with Gasteiger partial charge in [0.25, 0.3) is 0 Å². The summed E-state index contributed by atoms with van der Waals surface area (Å²) in [6.07, 6.45) is 3.80. The van der Waals surface area contributed by atoms with Crippen molar-refractivity contribution in [2.24, 2.45) is 7.05 Å². The van der Waals surface area contributed by atoms with Gasteiger partial charge in [0.1, 0.15) is 0 Å².